The number of carbonyl (C=O) groups is 2. The van der Waals surface area contributed by atoms with Crippen LogP contribution in [0.1, 0.15) is 18.4 Å². The lowest BCUT2D eigenvalue weighted by Crippen LogP contribution is -2.46. The molecule has 2 amide bonds. The van der Waals surface area contributed by atoms with E-state index in [4.69, 9.17) is 9.84 Å². The third kappa shape index (κ3) is 5.12. The molecule has 1 unspecified atom stereocenters. The van der Waals surface area contributed by atoms with Crippen molar-refractivity contribution in [1.29, 1.82) is 0 Å². The molecule has 22 heavy (non-hydrogen) atoms. The predicted octanol–water partition coefficient (Wildman–Crippen LogP) is 2.61. The van der Waals surface area contributed by atoms with Crippen LogP contribution in [-0.2, 0) is 11.3 Å². The molecule has 1 aromatic rings. The first-order valence-electron chi connectivity index (χ1n) is 7.25. The quantitative estimate of drug-likeness (QED) is 0.841. The molecule has 2 rings (SSSR count). The van der Waals surface area contributed by atoms with Crippen LogP contribution in [0.25, 0.3) is 0 Å². The van der Waals surface area contributed by atoms with E-state index in [0.29, 0.717) is 19.4 Å². The fraction of sp³-hybridized carbons (Fsp3) is 0.375. The molecular formula is C16H20N2O4. The maximum atomic E-state index is 11.8. The minimum atomic E-state index is -0.972. The number of amides is 2. The van der Waals surface area contributed by atoms with Crippen molar-refractivity contribution >= 4 is 12.2 Å². The van der Waals surface area contributed by atoms with E-state index in [-0.39, 0.29) is 19.2 Å². The van der Waals surface area contributed by atoms with Gasteiger partial charge in [0, 0.05) is 13.1 Å². The fourth-order valence-corrected chi connectivity index (χ4v) is 2.25. The van der Waals surface area contributed by atoms with Gasteiger partial charge < -0.3 is 20.1 Å². The van der Waals surface area contributed by atoms with E-state index in [0.717, 1.165) is 5.56 Å². The van der Waals surface area contributed by atoms with E-state index >= 15 is 0 Å². The van der Waals surface area contributed by atoms with E-state index in [1.807, 2.05) is 42.5 Å². The summed E-state index contributed by atoms with van der Waals surface area (Å²) in [5.41, 5.74) is 0.905. The summed E-state index contributed by atoms with van der Waals surface area (Å²) >= 11 is 0. The van der Waals surface area contributed by atoms with Crippen molar-refractivity contribution in [3.63, 3.8) is 0 Å². The molecule has 0 bridgehead atoms. The Morgan fingerprint density at radius 3 is 2.77 bits per heavy atom. The van der Waals surface area contributed by atoms with Crippen LogP contribution >= 0.6 is 0 Å². The van der Waals surface area contributed by atoms with Gasteiger partial charge in [-0.05, 0) is 18.4 Å². The topological polar surface area (TPSA) is 78.9 Å². The number of hydrogen-bond acceptors (Lipinski definition) is 3. The monoisotopic (exact) mass is 304 g/mol. The number of nitrogens with zero attached hydrogens (tertiary/aromatic N) is 1. The first-order chi connectivity index (χ1) is 10.6. The molecule has 0 aliphatic carbocycles. The number of nitrogens with one attached hydrogen (secondary N) is 1. The van der Waals surface area contributed by atoms with Gasteiger partial charge >= 0.3 is 12.2 Å². The average Bonchev–Trinajstić information content (AvgIpc) is 2.48. The number of carboxylic acid groups (broad SMARTS) is 1. The summed E-state index contributed by atoms with van der Waals surface area (Å²) in [7, 11) is 0. The van der Waals surface area contributed by atoms with E-state index < -0.39 is 12.2 Å². The van der Waals surface area contributed by atoms with Gasteiger partial charge in [0.05, 0.1) is 6.04 Å². The molecular weight excluding hydrogens is 284 g/mol. The highest BCUT2D eigenvalue weighted by Gasteiger charge is 2.20. The van der Waals surface area contributed by atoms with Crippen LogP contribution < -0.4 is 5.32 Å². The lowest BCUT2D eigenvalue weighted by atomic mass is 10.1. The van der Waals surface area contributed by atoms with E-state index in [1.165, 1.54) is 4.90 Å². The summed E-state index contributed by atoms with van der Waals surface area (Å²) in [5, 5.41) is 11.8. The highest BCUT2D eigenvalue weighted by molar-refractivity contribution is 5.68. The van der Waals surface area contributed by atoms with Crippen molar-refractivity contribution < 1.29 is 19.4 Å². The largest absolute Gasteiger partial charge is 0.465 e. The fourth-order valence-electron chi connectivity index (χ4n) is 2.25. The Bertz CT molecular complexity index is 530. The highest BCUT2D eigenvalue weighted by atomic mass is 16.5. The third-order valence-corrected chi connectivity index (χ3v) is 3.40. The molecule has 6 heteroatoms. The van der Waals surface area contributed by atoms with Crippen LogP contribution in [0.3, 0.4) is 0 Å². The number of hydrogen-bond donors (Lipinski definition) is 2. The Labute approximate surface area is 129 Å². The van der Waals surface area contributed by atoms with Gasteiger partial charge in [0.15, 0.2) is 0 Å². The summed E-state index contributed by atoms with van der Waals surface area (Å²) in [5.74, 6) is 0. The number of carbonyl (C=O) groups excluding carboxylic acids is 1. The molecule has 0 spiro atoms. The average molecular weight is 304 g/mol. The van der Waals surface area contributed by atoms with Crippen LogP contribution in [0.2, 0.25) is 0 Å². The number of benzene rings is 1. The maximum absolute atomic E-state index is 11.8. The predicted molar refractivity (Wildman–Crippen MR) is 81.5 cm³/mol. The molecule has 1 atom stereocenters. The molecule has 0 aromatic heterocycles. The van der Waals surface area contributed by atoms with Crippen LogP contribution in [-0.4, -0.2) is 41.3 Å². The van der Waals surface area contributed by atoms with Crippen molar-refractivity contribution in [2.75, 3.05) is 13.1 Å². The minimum absolute atomic E-state index is 0.192. The molecule has 0 radical (unpaired) electrons. The van der Waals surface area contributed by atoms with Crippen LogP contribution in [0.5, 0.6) is 0 Å². The number of rotatable bonds is 3. The first-order valence-corrected chi connectivity index (χ1v) is 7.25. The van der Waals surface area contributed by atoms with Gasteiger partial charge in [-0.25, -0.2) is 9.59 Å². The van der Waals surface area contributed by atoms with Gasteiger partial charge in [0.2, 0.25) is 0 Å². The number of alkyl carbamates (subject to hydrolysis) is 1. The van der Waals surface area contributed by atoms with Gasteiger partial charge in [-0.2, -0.15) is 0 Å². The summed E-state index contributed by atoms with van der Waals surface area (Å²) in [6, 6.07) is 9.11. The second-order valence-corrected chi connectivity index (χ2v) is 5.13. The molecule has 2 N–H and O–H groups in total. The zero-order valence-corrected chi connectivity index (χ0v) is 12.3. The lowest BCUT2D eigenvalue weighted by molar-refractivity contribution is 0.123. The molecule has 118 valence electrons. The van der Waals surface area contributed by atoms with Gasteiger partial charge in [0.1, 0.15) is 6.61 Å². The molecule has 0 saturated heterocycles. The van der Waals surface area contributed by atoms with Gasteiger partial charge in [-0.1, -0.05) is 42.5 Å². The summed E-state index contributed by atoms with van der Waals surface area (Å²) < 4.78 is 5.16. The molecule has 1 aromatic carbocycles. The Kier molecular flexibility index (Phi) is 5.82. The van der Waals surface area contributed by atoms with E-state index in [9.17, 15) is 9.59 Å². The van der Waals surface area contributed by atoms with Crippen molar-refractivity contribution in [2.45, 2.75) is 25.5 Å². The second-order valence-electron chi connectivity index (χ2n) is 5.13. The zero-order chi connectivity index (χ0) is 15.8. The smallest absolute Gasteiger partial charge is 0.407 e. The van der Waals surface area contributed by atoms with Crippen LogP contribution in [0, 0.1) is 0 Å². The highest BCUT2D eigenvalue weighted by Crippen LogP contribution is 2.07. The Hall–Kier alpha value is -2.50. The SMILES string of the molecule is O=C(NC1CC=CCCN(C(=O)O)C1)OCc1ccccc1. The Balaban J connectivity index is 1.84. The summed E-state index contributed by atoms with van der Waals surface area (Å²) in [6.07, 6.45) is 3.66. The molecule has 1 aliphatic heterocycles. The van der Waals surface area contributed by atoms with Crippen molar-refractivity contribution in [3.05, 3.63) is 48.0 Å². The number of ether oxygens (including phenoxy) is 1. The second kappa shape index (κ2) is 8.07. The summed E-state index contributed by atoms with van der Waals surface area (Å²) in [4.78, 5) is 24.3. The minimum Gasteiger partial charge on any atom is -0.465 e. The van der Waals surface area contributed by atoms with Crippen molar-refractivity contribution in [3.8, 4) is 0 Å². The Morgan fingerprint density at radius 1 is 1.27 bits per heavy atom. The van der Waals surface area contributed by atoms with Crippen LogP contribution in [0.4, 0.5) is 9.59 Å². The molecule has 6 nitrogen and oxygen atoms in total. The maximum Gasteiger partial charge on any atom is 0.407 e. The standard InChI is InChI=1S/C16H20N2O4/c19-15(22-12-13-7-3-1-4-8-13)17-14-9-5-2-6-10-18(11-14)16(20)21/h1-5,7-8,14H,6,9-12H2,(H,17,19)(H,20,21). The van der Waals surface area contributed by atoms with Gasteiger partial charge in [-0.3, -0.25) is 0 Å². The first kappa shape index (κ1) is 15.9. The molecule has 1 heterocycles. The molecule has 0 fully saturated rings. The van der Waals surface area contributed by atoms with Gasteiger partial charge in [0.25, 0.3) is 0 Å². The van der Waals surface area contributed by atoms with Gasteiger partial charge in [-0.15, -0.1) is 0 Å². The van der Waals surface area contributed by atoms with Crippen LogP contribution in [0.15, 0.2) is 42.5 Å². The van der Waals surface area contributed by atoms with E-state index in [1.54, 1.807) is 0 Å². The lowest BCUT2D eigenvalue weighted by Gasteiger charge is -2.26. The zero-order valence-electron chi connectivity index (χ0n) is 12.3. The normalized spacial score (nSPS) is 18.2. The van der Waals surface area contributed by atoms with Crippen molar-refractivity contribution in [2.24, 2.45) is 0 Å². The van der Waals surface area contributed by atoms with E-state index in [2.05, 4.69) is 5.32 Å². The molecule has 1 aliphatic rings. The summed E-state index contributed by atoms with van der Waals surface area (Å²) in [6.45, 7) is 0.890. The Morgan fingerprint density at radius 2 is 2.05 bits per heavy atom. The third-order valence-electron chi connectivity index (χ3n) is 3.40. The van der Waals surface area contributed by atoms with Crippen molar-refractivity contribution in [1.82, 2.24) is 10.2 Å². The molecule has 0 saturated carbocycles.